The van der Waals surface area contributed by atoms with Crippen molar-refractivity contribution in [2.45, 2.75) is 51.1 Å². The van der Waals surface area contributed by atoms with Gasteiger partial charge >= 0.3 is 0 Å². The summed E-state index contributed by atoms with van der Waals surface area (Å²) in [5.41, 5.74) is 7.77. The number of amides is 1. The molecule has 4 aliphatic carbocycles. The fourth-order valence-electron chi connectivity index (χ4n) is 6.79. The lowest BCUT2D eigenvalue weighted by Crippen LogP contribution is -2.49. The van der Waals surface area contributed by atoms with Gasteiger partial charge in [0, 0.05) is 32.2 Å². The Morgan fingerprint density at radius 2 is 1.86 bits per heavy atom. The molecule has 1 aromatic rings. The summed E-state index contributed by atoms with van der Waals surface area (Å²) in [7, 11) is 0. The van der Waals surface area contributed by atoms with E-state index in [1.165, 1.54) is 32.1 Å². The molecule has 1 aliphatic heterocycles. The van der Waals surface area contributed by atoms with Crippen LogP contribution in [0.5, 0.6) is 0 Å². The lowest BCUT2D eigenvalue weighted by atomic mass is 9.52. The Morgan fingerprint density at radius 3 is 2.50 bits per heavy atom. The minimum absolute atomic E-state index is 0.0150. The van der Waals surface area contributed by atoms with E-state index in [2.05, 4.69) is 10.2 Å². The zero-order valence-corrected chi connectivity index (χ0v) is 17.3. The Bertz CT molecular complexity index is 723. The number of hydrogen-bond donors (Lipinski definition) is 2. The number of nitrogens with zero attached hydrogens (tertiary/aromatic N) is 1. The Balaban J connectivity index is 1.22. The predicted molar refractivity (Wildman–Crippen MR) is 112 cm³/mol. The summed E-state index contributed by atoms with van der Waals surface area (Å²) in [5, 5.41) is 3.78. The van der Waals surface area contributed by atoms with Crippen molar-refractivity contribution in [3.8, 4) is 0 Å². The zero-order valence-electron chi connectivity index (χ0n) is 16.6. The molecule has 3 N–H and O–H groups in total. The molecule has 4 nitrogen and oxygen atoms in total. The van der Waals surface area contributed by atoms with Crippen LogP contribution < -0.4 is 11.1 Å². The highest BCUT2D eigenvalue weighted by Gasteiger charge is 2.47. The van der Waals surface area contributed by atoms with Gasteiger partial charge < -0.3 is 11.1 Å². The monoisotopic (exact) mass is 401 g/mol. The van der Waals surface area contributed by atoms with Gasteiger partial charge in [-0.2, -0.15) is 0 Å². The Hall–Kier alpha value is -1.10. The number of likely N-dealkylation sites (tertiary alicyclic amines) is 1. The van der Waals surface area contributed by atoms with E-state index < -0.39 is 0 Å². The van der Waals surface area contributed by atoms with E-state index in [1.54, 1.807) is 0 Å². The van der Waals surface area contributed by atoms with Crippen molar-refractivity contribution in [2.75, 3.05) is 19.6 Å². The van der Waals surface area contributed by atoms with Crippen molar-refractivity contribution in [1.82, 2.24) is 10.2 Å². The van der Waals surface area contributed by atoms with Crippen molar-refractivity contribution in [2.24, 2.45) is 35.3 Å². The largest absolute Gasteiger partial charge is 0.352 e. The number of halogens is 1. The third kappa shape index (κ3) is 3.71. The summed E-state index contributed by atoms with van der Waals surface area (Å²) in [5.74, 6) is 4.26. The van der Waals surface area contributed by atoms with Crippen molar-refractivity contribution in [3.05, 3.63) is 34.3 Å². The third-order valence-corrected chi connectivity index (χ3v) is 8.24. The number of nitrogens with one attached hydrogen (secondary N) is 1. The van der Waals surface area contributed by atoms with Crippen LogP contribution in [-0.4, -0.2) is 36.5 Å². The molecule has 5 fully saturated rings. The van der Waals surface area contributed by atoms with Crippen molar-refractivity contribution >= 4 is 17.5 Å². The van der Waals surface area contributed by atoms with Crippen LogP contribution in [0.3, 0.4) is 0 Å². The molecule has 1 saturated heterocycles. The summed E-state index contributed by atoms with van der Waals surface area (Å²) < 4.78 is 0. The molecule has 5 heteroatoms. The molecule has 0 radical (unpaired) electrons. The van der Waals surface area contributed by atoms with Crippen LogP contribution in [-0.2, 0) is 6.54 Å². The van der Waals surface area contributed by atoms with Gasteiger partial charge in [0.2, 0.25) is 0 Å². The molecule has 1 amide bonds. The van der Waals surface area contributed by atoms with Gasteiger partial charge in [-0.3, -0.25) is 9.69 Å². The number of hydrogen-bond acceptors (Lipinski definition) is 3. The molecule has 6 rings (SSSR count). The topological polar surface area (TPSA) is 58.4 Å². The smallest absolute Gasteiger partial charge is 0.252 e. The lowest BCUT2D eigenvalue weighted by Gasteiger charge is -2.54. The molecular formula is C23H32ClN3O. The zero-order chi connectivity index (χ0) is 19.3. The summed E-state index contributed by atoms with van der Waals surface area (Å²) in [6.07, 6.45) is 8.08. The fraction of sp³-hybridized carbons (Fsp3) is 0.696. The highest BCUT2D eigenvalue weighted by atomic mass is 35.5. The van der Waals surface area contributed by atoms with Crippen LogP contribution in [0.1, 0.15) is 54.4 Å². The van der Waals surface area contributed by atoms with Gasteiger partial charge in [-0.15, -0.1) is 0 Å². The van der Waals surface area contributed by atoms with Crippen LogP contribution in [0.25, 0.3) is 0 Å². The number of carbonyl (C=O) groups is 1. The van der Waals surface area contributed by atoms with Gasteiger partial charge in [0.15, 0.2) is 0 Å². The molecule has 4 saturated carbocycles. The van der Waals surface area contributed by atoms with Crippen LogP contribution in [0.2, 0.25) is 5.02 Å². The highest BCUT2D eigenvalue weighted by Crippen LogP contribution is 2.56. The van der Waals surface area contributed by atoms with Gasteiger partial charge in [0.1, 0.15) is 0 Å². The normalized spacial score (nSPS) is 36.8. The molecule has 0 aromatic heterocycles. The number of benzene rings is 1. The quantitative estimate of drug-likeness (QED) is 0.791. The van der Waals surface area contributed by atoms with Gasteiger partial charge in [-0.25, -0.2) is 0 Å². The SMILES string of the molecule is N[C@H]1CCN(Cc2ccc(Cl)c(C(=O)NCC3C4CC5CC(C4)CC3C5)c2)C1. The minimum Gasteiger partial charge on any atom is -0.352 e. The molecular weight excluding hydrogens is 370 g/mol. The van der Waals surface area contributed by atoms with E-state index in [1.807, 2.05) is 18.2 Å². The number of nitrogens with two attached hydrogens (primary N) is 1. The summed E-state index contributed by atoms with van der Waals surface area (Å²) in [6, 6.07) is 6.14. The molecule has 0 spiro atoms. The minimum atomic E-state index is -0.0150. The summed E-state index contributed by atoms with van der Waals surface area (Å²) >= 11 is 6.38. The Morgan fingerprint density at radius 1 is 1.14 bits per heavy atom. The van der Waals surface area contributed by atoms with E-state index in [0.717, 1.165) is 61.8 Å². The molecule has 0 unspecified atom stereocenters. The van der Waals surface area contributed by atoms with Crippen molar-refractivity contribution in [1.29, 1.82) is 0 Å². The second-order valence-corrected chi connectivity index (χ2v) is 10.3. The molecule has 1 atom stereocenters. The fourth-order valence-corrected chi connectivity index (χ4v) is 6.99. The molecule has 5 aliphatic rings. The first-order chi connectivity index (χ1) is 13.5. The van der Waals surface area contributed by atoms with Crippen LogP contribution >= 0.6 is 11.6 Å². The third-order valence-electron chi connectivity index (χ3n) is 7.91. The van der Waals surface area contributed by atoms with Crippen LogP contribution in [0, 0.1) is 29.6 Å². The first kappa shape index (κ1) is 18.9. The standard InChI is InChI=1S/C23H32ClN3O/c24-22-2-1-14(12-27-4-3-19(25)13-27)10-20(22)23(28)26-11-21-17-6-15-5-16(8-17)9-18(21)7-15/h1-2,10,15-19,21H,3-9,11-13,25H2,(H,26,28)/t15?,16?,17?,18?,19-,21?/m0/s1. The average Bonchev–Trinajstić information content (AvgIpc) is 3.06. The van der Waals surface area contributed by atoms with Gasteiger partial charge in [-0.1, -0.05) is 17.7 Å². The van der Waals surface area contributed by atoms with Crippen molar-refractivity contribution in [3.63, 3.8) is 0 Å². The van der Waals surface area contributed by atoms with E-state index in [9.17, 15) is 4.79 Å². The predicted octanol–water partition coefficient (Wildman–Crippen LogP) is 3.68. The second-order valence-electron chi connectivity index (χ2n) is 9.90. The van der Waals surface area contributed by atoms with Gasteiger partial charge in [0.05, 0.1) is 10.6 Å². The number of rotatable bonds is 5. The van der Waals surface area contributed by atoms with E-state index in [4.69, 9.17) is 17.3 Å². The van der Waals surface area contributed by atoms with Crippen molar-refractivity contribution < 1.29 is 4.79 Å². The van der Waals surface area contributed by atoms with E-state index >= 15 is 0 Å². The van der Waals surface area contributed by atoms with Gasteiger partial charge in [-0.05, 0) is 85.8 Å². The number of carbonyl (C=O) groups excluding carboxylic acids is 1. The van der Waals surface area contributed by atoms with E-state index in [0.29, 0.717) is 16.5 Å². The second kappa shape index (κ2) is 7.62. The molecule has 1 heterocycles. The summed E-state index contributed by atoms with van der Waals surface area (Å²) in [4.78, 5) is 15.3. The first-order valence-corrected chi connectivity index (χ1v) is 11.5. The maximum atomic E-state index is 12.9. The molecule has 4 bridgehead atoms. The molecule has 1 aromatic carbocycles. The van der Waals surface area contributed by atoms with Crippen LogP contribution in [0.15, 0.2) is 18.2 Å². The average molecular weight is 402 g/mol. The molecule has 152 valence electrons. The Labute approximate surface area is 173 Å². The Kier molecular flexibility index (Phi) is 5.14. The molecule has 28 heavy (non-hydrogen) atoms. The van der Waals surface area contributed by atoms with Gasteiger partial charge in [0.25, 0.3) is 5.91 Å². The van der Waals surface area contributed by atoms with E-state index in [-0.39, 0.29) is 11.9 Å². The summed E-state index contributed by atoms with van der Waals surface area (Å²) in [6.45, 7) is 3.60. The maximum absolute atomic E-state index is 12.9. The maximum Gasteiger partial charge on any atom is 0.252 e. The highest BCUT2D eigenvalue weighted by molar-refractivity contribution is 6.33. The first-order valence-electron chi connectivity index (χ1n) is 11.1. The van der Waals surface area contributed by atoms with Crippen LogP contribution in [0.4, 0.5) is 0 Å². The lowest BCUT2D eigenvalue weighted by molar-refractivity contribution is -0.0347.